The Bertz CT molecular complexity index is 374. The number of alkyl halides is 3. The van der Waals surface area contributed by atoms with Crippen molar-refractivity contribution in [1.82, 2.24) is 5.43 Å². The minimum atomic E-state index is -4.66. The second-order valence-corrected chi connectivity index (χ2v) is 4.34. The molecule has 0 saturated carbocycles. The number of hydrogen-bond acceptors (Lipinski definition) is 3. The summed E-state index contributed by atoms with van der Waals surface area (Å²) in [5, 5.41) is 0. The average molecular weight is 276 g/mol. The van der Waals surface area contributed by atoms with E-state index in [4.69, 9.17) is 5.84 Å². The molecule has 3 N–H and O–H groups in total. The first-order valence-electron chi connectivity index (χ1n) is 6.23. The van der Waals surface area contributed by atoms with Crippen LogP contribution in [0, 0.1) is 5.92 Å². The molecule has 0 spiro atoms. The van der Waals surface area contributed by atoms with Gasteiger partial charge in [-0.25, -0.2) is 0 Å². The number of ether oxygens (including phenoxy) is 1. The standard InChI is InChI=1S/C13H19F3N2O/c1-3-9(4-2)12(18-17)10-5-7-11(8-6-10)19-13(14,15)16/h5-9,12,18H,3-4,17H2,1-2H3. The van der Waals surface area contributed by atoms with Gasteiger partial charge in [-0.3, -0.25) is 11.3 Å². The van der Waals surface area contributed by atoms with Crippen molar-refractivity contribution >= 4 is 0 Å². The van der Waals surface area contributed by atoms with E-state index in [1.54, 1.807) is 12.1 Å². The fourth-order valence-electron chi connectivity index (χ4n) is 2.14. The molecule has 0 radical (unpaired) electrons. The Morgan fingerprint density at radius 3 is 2.05 bits per heavy atom. The van der Waals surface area contributed by atoms with Crippen LogP contribution in [0.2, 0.25) is 0 Å². The molecule has 1 unspecified atom stereocenters. The minimum absolute atomic E-state index is 0.0741. The lowest BCUT2D eigenvalue weighted by Gasteiger charge is -2.25. The second kappa shape index (κ2) is 6.77. The summed E-state index contributed by atoms with van der Waals surface area (Å²) in [7, 11) is 0. The third-order valence-corrected chi connectivity index (χ3v) is 3.17. The highest BCUT2D eigenvalue weighted by atomic mass is 19.4. The van der Waals surface area contributed by atoms with E-state index in [9.17, 15) is 13.2 Å². The van der Waals surface area contributed by atoms with E-state index >= 15 is 0 Å². The Morgan fingerprint density at radius 2 is 1.68 bits per heavy atom. The van der Waals surface area contributed by atoms with Crippen molar-refractivity contribution in [2.75, 3.05) is 0 Å². The first-order chi connectivity index (χ1) is 8.91. The van der Waals surface area contributed by atoms with Gasteiger partial charge in [0.15, 0.2) is 0 Å². The molecule has 3 nitrogen and oxygen atoms in total. The van der Waals surface area contributed by atoms with Gasteiger partial charge >= 0.3 is 6.36 Å². The lowest BCUT2D eigenvalue weighted by molar-refractivity contribution is -0.274. The molecule has 6 heteroatoms. The molecule has 0 saturated heterocycles. The number of nitrogens with one attached hydrogen (secondary N) is 1. The SMILES string of the molecule is CCC(CC)C(NN)c1ccc(OC(F)(F)F)cc1. The predicted molar refractivity (Wildman–Crippen MR) is 67.3 cm³/mol. The number of benzene rings is 1. The van der Waals surface area contributed by atoms with Crippen LogP contribution in [-0.4, -0.2) is 6.36 Å². The smallest absolute Gasteiger partial charge is 0.406 e. The van der Waals surface area contributed by atoms with Gasteiger partial charge in [-0.15, -0.1) is 13.2 Å². The third kappa shape index (κ3) is 4.72. The molecule has 108 valence electrons. The van der Waals surface area contributed by atoms with Crippen LogP contribution in [0.5, 0.6) is 5.75 Å². The fraction of sp³-hybridized carbons (Fsp3) is 0.538. The summed E-state index contributed by atoms with van der Waals surface area (Å²) in [6, 6.07) is 5.73. The second-order valence-electron chi connectivity index (χ2n) is 4.34. The van der Waals surface area contributed by atoms with E-state index in [2.05, 4.69) is 24.0 Å². The van der Waals surface area contributed by atoms with Crippen LogP contribution >= 0.6 is 0 Å². The summed E-state index contributed by atoms with van der Waals surface area (Å²) >= 11 is 0. The van der Waals surface area contributed by atoms with E-state index in [0.717, 1.165) is 18.4 Å². The summed E-state index contributed by atoms with van der Waals surface area (Å²) in [5.74, 6) is 5.64. The predicted octanol–water partition coefficient (Wildman–Crippen LogP) is 3.53. The zero-order valence-corrected chi connectivity index (χ0v) is 11.0. The van der Waals surface area contributed by atoms with E-state index < -0.39 is 6.36 Å². The first kappa shape index (κ1) is 15.8. The summed E-state index contributed by atoms with van der Waals surface area (Å²) < 4.78 is 40.0. The van der Waals surface area contributed by atoms with Crippen LogP contribution in [0.4, 0.5) is 13.2 Å². The highest BCUT2D eigenvalue weighted by Gasteiger charge is 2.31. The number of hydrazine groups is 1. The molecule has 1 atom stereocenters. The molecule has 1 aromatic carbocycles. The van der Waals surface area contributed by atoms with Crippen molar-refractivity contribution in [2.24, 2.45) is 11.8 Å². The van der Waals surface area contributed by atoms with Crippen molar-refractivity contribution in [3.05, 3.63) is 29.8 Å². The van der Waals surface area contributed by atoms with E-state index in [-0.39, 0.29) is 11.8 Å². The molecule has 0 aliphatic rings. The Kier molecular flexibility index (Phi) is 5.62. The molecule has 0 aliphatic heterocycles. The van der Waals surface area contributed by atoms with Crippen LogP contribution in [0.15, 0.2) is 24.3 Å². The average Bonchev–Trinajstić information content (AvgIpc) is 2.35. The molecular formula is C13H19F3N2O. The Labute approximate surface area is 110 Å². The van der Waals surface area contributed by atoms with Gasteiger partial charge in [0, 0.05) is 6.04 Å². The van der Waals surface area contributed by atoms with Crippen molar-refractivity contribution in [3.63, 3.8) is 0 Å². The van der Waals surface area contributed by atoms with Crippen LogP contribution < -0.4 is 16.0 Å². The summed E-state index contributed by atoms with van der Waals surface area (Å²) in [5.41, 5.74) is 3.58. The Balaban J connectivity index is 2.84. The third-order valence-electron chi connectivity index (χ3n) is 3.17. The highest BCUT2D eigenvalue weighted by Crippen LogP contribution is 2.29. The van der Waals surface area contributed by atoms with Gasteiger partial charge in [0.1, 0.15) is 5.75 Å². The topological polar surface area (TPSA) is 47.3 Å². The van der Waals surface area contributed by atoms with Crippen LogP contribution in [0.3, 0.4) is 0 Å². The molecule has 19 heavy (non-hydrogen) atoms. The first-order valence-corrected chi connectivity index (χ1v) is 6.23. The molecule has 0 fully saturated rings. The van der Waals surface area contributed by atoms with Crippen molar-refractivity contribution < 1.29 is 17.9 Å². The zero-order valence-electron chi connectivity index (χ0n) is 11.0. The largest absolute Gasteiger partial charge is 0.573 e. The maximum Gasteiger partial charge on any atom is 0.573 e. The molecular weight excluding hydrogens is 257 g/mol. The van der Waals surface area contributed by atoms with Crippen molar-refractivity contribution in [3.8, 4) is 5.75 Å². The van der Waals surface area contributed by atoms with E-state index in [1.165, 1.54) is 12.1 Å². The minimum Gasteiger partial charge on any atom is -0.406 e. The van der Waals surface area contributed by atoms with Gasteiger partial charge < -0.3 is 4.74 Å². The normalized spacial score (nSPS) is 13.6. The molecule has 0 bridgehead atoms. The quantitative estimate of drug-likeness (QED) is 0.617. The van der Waals surface area contributed by atoms with Crippen molar-refractivity contribution in [2.45, 2.75) is 39.1 Å². The van der Waals surface area contributed by atoms with Gasteiger partial charge in [0.2, 0.25) is 0 Å². The molecule has 1 aromatic rings. The molecule has 1 rings (SSSR count). The summed E-state index contributed by atoms with van der Waals surface area (Å²) in [6.45, 7) is 4.11. The Morgan fingerprint density at radius 1 is 1.16 bits per heavy atom. The molecule has 0 heterocycles. The molecule has 0 aromatic heterocycles. The summed E-state index contributed by atoms with van der Waals surface area (Å²) in [4.78, 5) is 0. The highest BCUT2D eigenvalue weighted by molar-refractivity contribution is 5.29. The number of rotatable bonds is 6. The van der Waals surface area contributed by atoms with E-state index in [0.29, 0.717) is 5.92 Å². The number of halogens is 3. The summed E-state index contributed by atoms with van der Waals surface area (Å²) in [6.07, 6.45) is -2.79. The molecule has 0 amide bonds. The van der Waals surface area contributed by atoms with E-state index in [1.807, 2.05) is 0 Å². The van der Waals surface area contributed by atoms with Crippen molar-refractivity contribution in [1.29, 1.82) is 0 Å². The molecule has 0 aliphatic carbocycles. The lowest BCUT2D eigenvalue weighted by Crippen LogP contribution is -2.33. The van der Waals surface area contributed by atoms with Gasteiger partial charge in [-0.1, -0.05) is 38.8 Å². The zero-order chi connectivity index (χ0) is 14.5. The number of nitrogens with two attached hydrogens (primary N) is 1. The maximum absolute atomic E-state index is 12.0. The Hall–Kier alpha value is -1.27. The van der Waals surface area contributed by atoms with Gasteiger partial charge in [0.25, 0.3) is 0 Å². The van der Waals surface area contributed by atoms with Crippen LogP contribution in [0.25, 0.3) is 0 Å². The monoisotopic (exact) mass is 276 g/mol. The number of hydrogen-bond donors (Lipinski definition) is 2. The van der Waals surface area contributed by atoms with Crippen LogP contribution in [0.1, 0.15) is 38.3 Å². The maximum atomic E-state index is 12.0. The van der Waals surface area contributed by atoms with Gasteiger partial charge in [-0.2, -0.15) is 0 Å². The fourth-order valence-corrected chi connectivity index (χ4v) is 2.14. The van der Waals surface area contributed by atoms with Crippen LogP contribution in [-0.2, 0) is 0 Å². The lowest BCUT2D eigenvalue weighted by atomic mass is 9.89. The van der Waals surface area contributed by atoms with Gasteiger partial charge in [0.05, 0.1) is 0 Å². The van der Waals surface area contributed by atoms with Gasteiger partial charge in [-0.05, 0) is 23.6 Å².